The van der Waals surface area contributed by atoms with Crippen molar-refractivity contribution >= 4 is 17.6 Å². The molecule has 8 nitrogen and oxygen atoms in total. The molecule has 3 rings (SSSR count). The number of carbonyl (C=O) groups excluding carboxylic acids is 2. The quantitative estimate of drug-likeness (QED) is 0.780. The summed E-state index contributed by atoms with van der Waals surface area (Å²) in [5, 5.41) is 4.16. The number of amides is 1. The van der Waals surface area contributed by atoms with E-state index in [9.17, 15) is 9.59 Å². The number of esters is 1. The van der Waals surface area contributed by atoms with Gasteiger partial charge in [-0.1, -0.05) is 0 Å². The minimum atomic E-state index is -0.499. The molecule has 0 spiro atoms. The highest BCUT2D eigenvalue weighted by Gasteiger charge is 2.28. The van der Waals surface area contributed by atoms with E-state index in [0.717, 1.165) is 5.56 Å². The molecule has 8 heteroatoms. The molecule has 1 unspecified atom stereocenters. The van der Waals surface area contributed by atoms with E-state index in [4.69, 9.17) is 14.2 Å². The van der Waals surface area contributed by atoms with Crippen molar-refractivity contribution in [2.24, 2.45) is 11.0 Å². The Morgan fingerprint density at radius 3 is 2.74 bits per heavy atom. The highest BCUT2D eigenvalue weighted by atomic mass is 16.5. The average Bonchev–Trinajstić information content (AvgIpc) is 2.72. The van der Waals surface area contributed by atoms with Gasteiger partial charge in [-0.2, -0.15) is 5.10 Å². The van der Waals surface area contributed by atoms with E-state index in [1.54, 1.807) is 44.7 Å². The van der Waals surface area contributed by atoms with Crippen LogP contribution in [0, 0.1) is 5.92 Å². The SMILES string of the molecule is COc1ccc(C2=NNC(=O)CC2COC(=O)c2cccnc2)cc1OC. The summed E-state index contributed by atoms with van der Waals surface area (Å²) in [7, 11) is 3.09. The molecule has 2 aromatic rings. The van der Waals surface area contributed by atoms with Gasteiger partial charge in [0.1, 0.15) is 6.61 Å². The zero-order valence-electron chi connectivity index (χ0n) is 15.0. The molecule has 1 aliphatic rings. The van der Waals surface area contributed by atoms with Crippen LogP contribution in [0.5, 0.6) is 11.5 Å². The van der Waals surface area contributed by atoms with Crippen LogP contribution < -0.4 is 14.9 Å². The van der Waals surface area contributed by atoms with Crippen LogP contribution in [0.3, 0.4) is 0 Å². The molecular formula is C19H19N3O5. The van der Waals surface area contributed by atoms with Crippen molar-refractivity contribution < 1.29 is 23.8 Å². The second-order valence-electron chi connectivity index (χ2n) is 5.84. The van der Waals surface area contributed by atoms with Crippen LogP contribution in [0.4, 0.5) is 0 Å². The Kier molecular flexibility index (Phi) is 5.65. The third kappa shape index (κ3) is 4.22. The smallest absolute Gasteiger partial charge is 0.339 e. The fraction of sp³-hybridized carbons (Fsp3) is 0.263. The van der Waals surface area contributed by atoms with E-state index in [1.807, 2.05) is 6.07 Å². The molecule has 27 heavy (non-hydrogen) atoms. The number of carbonyl (C=O) groups is 2. The highest BCUT2D eigenvalue weighted by molar-refractivity contribution is 6.06. The van der Waals surface area contributed by atoms with Gasteiger partial charge in [-0.05, 0) is 30.3 Å². The monoisotopic (exact) mass is 369 g/mol. The number of hydrazone groups is 1. The van der Waals surface area contributed by atoms with Gasteiger partial charge < -0.3 is 14.2 Å². The number of methoxy groups -OCH3 is 2. The highest BCUT2D eigenvalue weighted by Crippen LogP contribution is 2.29. The third-order valence-electron chi connectivity index (χ3n) is 4.11. The standard InChI is InChI=1S/C19H19N3O5/c1-25-15-6-5-12(8-16(15)26-2)18-14(9-17(23)21-22-18)11-27-19(24)13-4-3-7-20-10-13/h3-8,10,14H,9,11H2,1-2H3,(H,21,23). The molecule has 1 aliphatic heterocycles. The summed E-state index contributed by atoms with van der Waals surface area (Å²) in [5.41, 5.74) is 4.17. The van der Waals surface area contributed by atoms with Gasteiger partial charge in [0.15, 0.2) is 11.5 Å². The lowest BCUT2D eigenvalue weighted by atomic mass is 9.92. The molecule has 2 heterocycles. The van der Waals surface area contributed by atoms with Gasteiger partial charge in [-0.15, -0.1) is 0 Å². The van der Waals surface area contributed by atoms with Crippen LogP contribution in [-0.2, 0) is 9.53 Å². The van der Waals surface area contributed by atoms with Crippen LogP contribution in [0.2, 0.25) is 0 Å². The second-order valence-corrected chi connectivity index (χ2v) is 5.84. The minimum absolute atomic E-state index is 0.0221. The first-order valence-electron chi connectivity index (χ1n) is 8.28. The summed E-state index contributed by atoms with van der Waals surface area (Å²) in [6, 6.07) is 8.61. The maximum Gasteiger partial charge on any atom is 0.339 e. The fourth-order valence-electron chi connectivity index (χ4n) is 2.76. The lowest BCUT2D eigenvalue weighted by molar-refractivity contribution is -0.122. The minimum Gasteiger partial charge on any atom is -0.493 e. The van der Waals surface area contributed by atoms with Gasteiger partial charge in [0, 0.05) is 30.3 Å². The Hall–Kier alpha value is -3.42. The molecule has 0 bridgehead atoms. The van der Waals surface area contributed by atoms with Crippen molar-refractivity contribution in [3.05, 3.63) is 53.9 Å². The average molecular weight is 369 g/mol. The number of nitrogens with zero attached hydrogens (tertiary/aromatic N) is 2. The van der Waals surface area contributed by atoms with Gasteiger partial charge >= 0.3 is 5.97 Å². The number of nitrogens with one attached hydrogen (secondary N) is 1. The van der Waals surface area contributed by atoms with Crippen LogP contribution in [0.15, 0.2) is 47.8 Å². The van der Waals surface area contributed by atoms with Crippen molar-refractivity contribution in [2.45, 2.75) is 6.42 Å². The third-order valence-corrected chi connectivity index (χ3v) is 4.11. The molecule has 1 N–H and O–H groups in total. The summed E-state index contributed by atoms with van der Waals surface area (Å²) in [4.78, 5) is 27.8. The molecule has 1 amide bonds. The zero-order valence-corrected chi connectivity index (χ0v) is 15.0. The van der Waals surface area contributed by atoms with Crippen LogP contribution in [-0.4, -0.2) is 43.4 Å². The van der Waals surface area contributed by atoms with E-state index in [1.165, 1.54) is 6.20 Å². The lowest BCUT2D eigenvalue weighted by Gasteiger charge is -2.23. The van der Waals surface area contributed by atoms with Gasteiger partial charge in [0.2, 0.25) is 5.91 Å². The molecule has 0 saturated carbocycles. The number of pyridine rings is 1. The Bertz CT molecular complexity index is 867. The van der Waals surface area contributed by atoms with E-state index in [2.05, 4.69) is 15.5 Å². The molecule has 1 atom stereocenters. The first kappa shape index (κ1) is 18.4. The van der Waals surface area contributed by atoms with Crippen LogP contribution >= 0.6 is 0 Å². The number of rotatable bonds is 6. The summed E-state index contributed by atoms with van der Waals surface area (Å²) in [6.45, 7) is 0.0221. The van der Waals surface area contributed by atoms with Crippen LogP contribution in [0.1, 0.15) is 22.3 Å². The predicted octanol–water partition coefficient (Wildman–Crippen LogP) is 1.80. The second kappa shape index (κ2) is 8.31. The Balaban J connectivity index is 1.79. The van der Waals surface area contributed by atoms with E-state index in [-0.39, 0.29) is 24.9 Å². The van der Waals surface area contributed by atoms with E-state index in [0.29, 0.717) is 22.8 Å². The van der Waals surface area contributed by atoms with Gasteiger partial charge in [-0.3, -0.25) is 9.78 Å². The molecule has 140 valence electrons. The van der Waals surface area contributed by atoms with Crippen molar-refractivity contribution in [3.8, 4) is 11.5 Å². The normalized spacial score (nSPS) is 16.1. The number of aromatic nitrogens is 1. The number of benzene rings is 1. The number of ether oxygens (including phenoxy) is 3. The molecule has 0 radical (unpaired) electrons. The fourth-order valence-corrected chi connectivity index (χ4v) is 2.76. The van der Waals surface area contributed by atoms with Gasteiger partial charge in [0.05, 0.1) is 25.5 Å². The molecule has 1 aromatic heterocycles. The maximum absolute atomic E-state index is 12.2. The van der Waals surface area contributed by atoms with Crippen molar-refractivity contribution in [3.63, 3.8) is 0 Å². The molecule has 1 aromatic carbocycles. The Morgan fingerprint density at radius 1 is 1.22 bits per heavy atom. The van der Waals surface area contributed by atoms with Crippen LogP contribution in [0.25, 0.3) is 0 Å². The van der Waals surface area contributed by atoms with Crippen molar-refractivity contribution in [1.29, 1.82) is 0 Å². The van der Waals surface area contributed by atoms with E-state index >= 15 is 0 Å². The largest absolute Gasteiger partial charge is 0.493 e. The molecular weight excluding hydrogens is 350 g/mol. The summed E-state index contributed by atoms with van der Waals surface area (Å²) in [5.74, 6) is 0.0156. The van der Waals surface area contributed by atoms with Crippen molar-refractivity contribution in [2.75, 3.05) is 20.8 Å². The predicted molar refractivity (Wildman–Crippen MR) is 96.9 cm³/mol. The number of hydrogen-bond acceptors (Lipinski definition) is 7. The maximum atomic E-state index is 12.2. The topological polar surface area (TPSA) is 99.1 Å². The van der Waals surface area contributed by atoms with Gasteiger partial charge in [-0.25, -0.2) is 10.2 Å². The molecule has 0 aliphatic carbocycles. The summed E-state index contributed by atoms with van der Waals surface area (Å²) in [6.07, 6.45) is 3.16. The Labute approximate surface area is 156 Å². The zero-order chi connectivity index (χ0) is 19.2. The summed E-state index contributed by atoms with van der Waals surface area (Å²) >= 11 is 0. The van der Waals surface area contributed by atoms with Crippen molar-refractivity contribution in [1.82, 2.24) is 10.4 Å². The first-order valence-corrected chi connectivity index (χ1v) is 8.28. The lowest BCUT2D eigenvalue weighted by Crippen LogP contribution is -2.36. The van der Waals surface area contributed by atoms with Gasteiger partial charge in [0.25, 0.3) is 0 Å². The van der Waals surface area contributed by atoms with E-state index < -0.39 is 5.97 Å². The summed E-state index contributed by atoms with van der Waals surface area (Å²) < 4.78 is 15.9. The number of hydrogen-bond donors (Lipinski definition) is 1. The molecule has 0 fully saturated rings. The first-order chi connectivity index (χ1) is 13.1. The molecule has 0 saturated heterocycles. The Morgan fingerprint density at radius 2 is 2.04 bits per heavy atom.